The van der Waals surface area contributed by atoms with Crippen LogP contribution in [0, 0.1) is 6.92 Å². The van der Waals surface area contributed by atoms with Crippen LogP contribution in [0.1, 0.15) is 18.4 Å². The van der Waals surface area contributed by atoms with Crippen LogP contribution in [0.25, 0.3) is 0 Å². The number of halogens is 2. The number of nitrogens with one attached hydrogen (secondary N) is 2. The van der Waals surface area contributed by atoms with Gasteiger partial charge in [-0.1, -0.05) is 23.2 Å². The summed E-state index contributed by atoms with van der Waals surface area (Å²) in [5.41, 5.74) is 3.01. The molecule has 3 amide bonds. The number of amides is 3. The molecule has 7 heteroatoms. The molecule has 2 aromatic carbocycles. The Hall–Kier alpha value is -2.24. The summed E-state index contributed by atoms with van der Waals surface area (Å²) in [4.78, 5) is 25.8. The Kier molecular flexibility index (Phi) is 5.16. The molecule has 1 fully saturated rings. The molecule has 25 heavy (non-hydrogen) atoms. The third kappa shape index (κ3) is 4.06. The van der Waals surface area contributed by atoms with E-state index in [1.165, 1.54) is 0 Å². The molecule has 0 atom stereocenters. The predicted octanol–water partition coefficient (Wildman–Crippen LogP) is 5.07. The lowest BCUT2D eigenvalue weighted by Crippen LogP contribution is -2.24. The molecular weight excluding hydrogens is 361 g/mol. The van der Waals surface area contributed by atoms with Crippen LogP contribution in [-0.4, -0.2) is 18.5 Å². The Labute approximate surface area is 155 Å². The molecule has 0 spiro atoms. The lowest BCUT2D eigenvalue weighted by Gasteiger charge is -2.19. The lowest BCUT2D eigenvalue weighted by atomic mass is 10.1. The summed E-state index contributed by atoms with van der Waals surface area (Å²) in [6.45, 7) is 2.66. The number of hydrogen-bond acceptors (Lipinski definition) is 2. The Morgan fingerprint density at radius 2 is 1.72 bits per heavy atom. The van der Waals surface area contributed by atoms with E-state index in [1.54, 1.807) is 29.2 Å². The summed E-state index contributed by atoms with van der Waals surface area (Å²) in [5, 5.41) is 6.26. The van der Waals surface area contributed by atoms with Gasteiger partial charge in [0.25, 0.3) is 0 Å². The number of carbonyl (C=O) groups is 2. The minimum absolute atomic E-state index is 0.140. The summed E-state index contributed by atoms with van der Waals surface area (Å²) >= 11 is 11.8. The van der Waals surface area contributed by atoms with Crippen molar-refractivity contribution in [2.24, 2.45) is 0 Å². The van der Waals surface area contributed by atoms with Crippen molar-refractivity contribution in [3.8, 4) is 0 Å². The van der Waals surface area contributed by atoms with Gasteiger partial charge in [-0.05, 0) is 55.3 Å². The van der Waals surface area contributed by atoms with Gasteiger partial charge >= 0.3 is 6.03 Å². The first-order chi connectivity index (χ1) is 11.9. The Morgan fingerprint density at radius 1 is 1.04 bits per heavy atom. The maximum atomic E-state index is 12.1. The second-order valence-electron chi connectivity index (χ2n) is 5.86. The molecule has 1 saturated heterocycles. The van der Waals surface area contributed by atoms with Gasteiger partial charge in [-0.2, -0.15) is 0 Å². The lowest BCUT2D eigenvalue weighted by molar-refractivity contribution is -0.117. The standard InChI is InChI=1S/C18H17Cl2N3O2/c1-11-9-12(5-7-16(11)23-8-2-3-17(23)24)21-18(25)22-13-4-6-14(19)15(20)10-13/h4-7,9-10H,2-3,8H2,1H3,(H2,21,22,25). The molecule has 130 valence electrons. The molecule has 0 saturated carbocycles. The van der Waals surface area contributed by atoms with Crippen LogP contribution in [0.15, 0.2) is 36.4 Å². The van der Waals surface area contributed by atoms with Gasteiger partial charge in [-0.3, -0.25) is 4.79 Å². The fourth-order valence-corrected chi connectivity index (χ4v) is 3.10. The van der Waals surface area contributed by atoms with E-state index in [4.69, 9.17) is 23.2 Å². The zero-order valence-corrected chi connectivity index (χ0v) is 15.1. The van der Waals surface area contributed by atoms with Crippen molar-refractivity contribution in [2.75, 3.05) is 22.1 Å². The molecule has 0 radical (unpaired) electrons. The molecular formula is C18H17Cl2N3O2. The van der Waals surface area contributed by atoms with E-state index in [2.05, 4.69) is 10.6 Å². The largest absolute Gasteiger partial charge is 0.323 e. The monoisotopic (exact) mass is 377 g/mol. The maximum Gasteiger partial charge on any atom is 0.323 e. The van der Waals surface area contributed by atoms with Crippen LogP contribution >= 0.6 is 23.2 Å². The fourth-order valence-electron chi connectivity index (χ4n) is 2.81. The third-order valence-electron chi connectivity index (χ3n) is 4.00. The van der Waals surface area contributed by atoms with E-state index in [0.717, 1.165) is 24.2 Å². The molecule has 1 heterocycles. The van der Waals surface area contributed by atoms with Crippen LogP contribution in [0.4, 0.5) is 21.9 Å². The topological polar surface area (TPSA) is 61.4 Å². The summed E-state index contributed by atoms with van der Waals surface area (Å²) in [6, 6.07) is 9.96. The summed E-state index contributed by atoms with van der Waals surface area (Å²) in [6.07, 6.45) is 1.47. The zero-order valence-electron chi connectivity index (χ0n) is 13.6. The van der Waals surface area contributed by atoms with E-state index in [0.29, 0.717) is 27.8 Å². The first-order valence-corrected chi connectivity index (χ1v) is 8.64. The Balaban J connectivity index is 1.68. The second kappa shape index (κ2) is 7.33. The number of urea groups is 1. The van der Waals surface area contributed by atoms with Gasteiger partial charge in [-0.15, -0.1) is 0 Å². The number of carbonyl (C=O) groups excluding carboxylic acids is 2. The minimum Gasteiger partial charge on any atom is -0.312 e. The molecule has 2 N–H and O–H groups in total. The number of anilines is 3. The van der Waals surface area contributed by atoms with Crippen LogP contribution < -0.4 is 15.5 Å². The molecule has 0 aliphatic carbocycles. The average Bonchev–Trinajstić information content (AvgIpc) is 2.97. The van der Waals surface area contributed by atoms with Crippen molar-refractivity contribution in [3.63, 3.8) is 0 Å². The van der Waals surface area contributed by atoms with Crippen LogP contribution in [0.5, 0.6) is 0 Å². The van der Waals surface area contributed by atoms with Gasteiger partial charge in [0.15, 0.2) is 0 Å². The highest BCUT2D eigenvalue weighted by Crippen LogP contribution is 2.28. The first kappa shape index (κ1) is 17.6. The van der Waals surface area contributed by atoms with E-state index in [-0.39, 0.29) is 11.9 Å². The minimum atomic E-state index is -0.386. The number of aryl methyl sites for hydroxylation is 1. The highest BCUT2D eigenvalue weighted by Gasteiger charge is 2.23. The quantitative estimate of drug-likeness (QED) is 0.783. The third-order valence-corrected chi connectivity index (χ3v) is 4.74. The smallest absolute Gasteiger partial charge is 0.312 e. The van der Waals surface area contributed by atoms with E-state index >= 15 is 0 Å². The fraction of sp³-hybridized carbons (Fsp3) is 0.222. The van der Waals surface area contributed by atoms with Gasteiger partial charge in [0.2, 0.25) is 5.91 Å². The van der Waals surface area contributed by atoms with E-state index in [9.17, 15) is 9.59 Å². The Morgan fingerprint density at radius 3 is 2.32 bits per heavy atom. The van der Waals surface area contributed by atoms with Gasteiger partial charge < -0.3 is 15.5 Å². The number of hydrogen-bond donors (Lipinski definition) is 2. The Bertz CT molecular complexity index is 839. The van der Waals surface area contributed by atoms with Crippen molar-refractivity contribution >= 4 is 52.2 Å². The summed E-state index contributed by atoms with van der Waals surface area (Å²) in [5.74, 6) is 0.140. The van der Waals surface area contributed by atoms with Crippen LogP contribution in [-0.2, 0) is 4.79 Å². The van der Waals surface area contributed by atoms with Gasteiger partial charge in [0.05, 0.1) is 10.0 Å². The molecule has 3 rings (SSSR count). The zero-order chi connectivity index (χ0) is 18.0. The highest BCUT2D eigenvalue weighted by molar-refractivity contribution is 6.42. The number of rotatable bonds is 3. The molecule has 0 aromatic heterocycles. The molecule has 0 bridgehead atoms. The van der Waals surface area contributed by atoms with Crippen molar-refractivity contribution in [1.82, 2.24) is 0 Å². The molecule has 0 unspecified atom stereocenters. The summed E-state index contributed by atoms with van der Waals surface area (Å²) in [7, 11) is 0. The first-order valence-electron chi connectivity index (χ1n) is 7.88. The van der Waals surface area contributed by atoms with E-state index in [1.807, 2.05) is 19.1 Å². The highest BCUT2D eigenvalue weighted by atomic mass is 35.5. The normalized spacial score (nSPS) is 13.9. The van der Waals surface area contributed by atoms with Gasteiger partial charge in [0, 0.05) is 30.0 Å². The molecule has 1 aliphatic rings. The van der Waals surface area contributed by atoms with E-state index < -0.39 is 0 Å². The van der Waals surface area contributed by atoms with Crippen LogP contribution in [0.2, 0.25) is 10.0 Å². The summed E-state index contributed by atoms with van der Waals surface area (Å²) < 4.78 is 0. The average molecular weight is 378 g/mol. The van der Waals surface area contributed by atoms with Crippen molar-refractivity contribution in [1.29, 1.82) is 0 Å². The second-order valence-corrected chi connectivity index (χ2v) is 6.67. The molecule has 5 nitrogen and oxygen atoms in total. The molecule has 1 aliphatic heterocycles. The van der Waals surface area contributed by atoms with Crippen molar-refractivity contribution in [2.45, 2.75) is 19.8 Å². The van der Waals surface area contributed by atoms with Crippen LogP contribution in [0.3, 0.4) is 0 Å². The number of benzene rings is 2. The maximum absolute atomic E-state index is 12.1. The SMILES string of the molecule is Cc1cc(NC(=O)Nc2ccc(Cl)c(Cl)c2)ccc1N1CCCC1=O. The van der Waals surface area contributed by atoms with Crippen molar-refractivity contribution in [3.05, 3.63) is 52.0 Å². The predicted molar refractivity (Wildman–Crippen MR) is 102 cm³/mol. The van der Waals surface area contributed by atoms with Gasteiger partial charge in [0.1, 0.15) is 0 Å². The van der Waals surface area contributed by atoms with Crippen molar-refractivity contribution < 1.29 is 9.59 Å². The number of nitrogens with zero attached hydrogens (tertiary/aromatic N) is 1. The molecule has 2 aromatic rings. The van der Waals surface area contributed by atoms with Gasteiger partial charge in [-0.25, -0.2) is 4.79 Å².